The lowest BCUT2D eigenvalue weighted by atomic mass is 9.84. The average molecular weight is 413 g/mol. The minimum Gasteiger partial charge on any atom is -0.0683 e. The van der Waals surface area contributed by atoms with Crippen molar-refractivity contribution in [3.63, 3.8) is 0 Å². The van der Waals surface area contributed by atoms with Crippen LogP contribution < -0.4 is 0 Å². The molecule has 0 amide bonds. The topological polar surface area (TPSA) is 0 Å². The van der Waals surface area contributed by atoms with E-state index in [2.05, 4.69) is 90.1 Å². The molecule has 4 aromatic rings. The lowest BCUT2D eigenvalue weighted by Crippen LogP contribution is -2.03. The third kappa shape index (κ3) is 4.40. The van der Waals surface area contributed by atoms with Gasteiger partial charge in [0.15, 0.2) is 0 Å². The summed E-state index contributed by atoms with van der Waals surface area (Å²) in [5, 5.41) is 5.59. The van der Waals surface area contributed by atoms with Gasteiger partial charge >= 0.3 is 0 Å². The van der Waals surface area contributed by atoms with Crippen LogP contribution >= 0.6 is 0 Å². The number of rotatable bonds is 2. The second-order valence-electron chi connectivity index (χ2n) is 7.98. The Morgan fingerprint density at radius 1 is 0.387 bits per heavy atom. The molecule has 0 radical (unpaired) electrons. The molecule has 0 heteroatoms. The number of benzene rings is 4. The van der Waals surface area contributed by atoms with Gasteiger partial charge in [-0.05, 0) is 114 Å². The van der Waals surface area contributed by atoms with Crippen LogP contribution in [0.15, 0.2) is 48.5 Å². The van der Waals surface area contributed by atoms with E-state index in [1.54, 1.807) is 0 Å². The van der Waals surface area contributed by atoms with Crippen molar-refractivity contribution in [2.75, 3.05) is 0 Å². The van der Waals surface area contributed by atoms with Gasteiger partial charge in [-0.15, -0.1) is 0 Å². The smallest absolute Gasteiger partial charge is 0.000799 e. The Labute approximate surface area is 190 Å². The fourth-order valence-electron chi connectivity index (χ4n) is 4.60. The molecule has 4 aromatic carbocycles. The molecule has 0 saturated carbocycles. The zero-order valence-corrected chi connectivity index (χ0v) is 21.3. The number of hydrogen-bond donors (Lipinski definition) is 0. The second-order valence-corrected chi connectivity index (χ2v) is 7.98. The molecular formula is C31H40. The molecule has 0 aromatic heterocycles. The SMILES string of the molecule is CC.CC.Cc1c(C)c(Cc2c(C)c(C)c(C)c3ccccc23)c2ccccc2c1C. The summed E-state index contributed by atoms with van der Waals surface area (Å²) in [7, 11) is 0. The molecule has 0 heterocycles. The molecule has 0 nitrogen and oxygen atoms in total. The van der Waals surface area contributed by atoms with Gasteiger partial charge in [0.2, 0.25) is 0 Å². The van der Waals surface area contributed by atoms with Gasteiger partial charge in [0.1, 0.15) is 0 Å². The van der Waals surface area contributed by atoms with Crippen LogP contribution in [-0.4, -0.2) is 0 Å². The molecule has 0 spiro atoms. The van der Waals surface area contributed by atoms with E-state index >= 15 is 0 Å². The maximum atomic E-state index is 2.29. The summed E-state index contributed by atoms with van der Waals surface area (Å²) >= 11 is 0. The fourth-order valence-corrected chi connectivity index (χ4v) is 4.60. The lowest BCUT2D eigenvalue weighted by Gasteiger charge is -2.21. The predicted octanol–water partition coefficient (Wildman–Crippen LogP) is 9.49. The van der Waals surface area contributed by atoms with Gasteiger partial charge in [0.05, 0.1) is 0 Å². The van der Waals surface area contributed by atoms with Crippen LogP contribution in [0.2, 0.25) is 0 Å². The third-order valence-electron chi connectivity index (χ3n) is 6.82. The van der Waals surface area contributed by atoms with Gasteiger partial charge in [-0.3, -0.25) is 0 Å². The van der Waals surface area contributed by atoms with E-state index in [4.69, 9.17) is 0 Å². The van der Waals surface area contributed by atoms with Gasteiger partial charge in [0, 0.05) is 0 Å². The highest BCUT2D eigenvalue weighted by Crippen LogP contribution is 2.35. The highest BCUT2D eigenvalue weighted by molar-refractivity contribution is 5.94. The monoisotopic (exact) mass is 412 g/mol. The first-order valence-corrected chi connectivity index (χ1v) is 11.9. The first-order chi connectivity index (χ1) is 14.9. The molecule has 0 saturated heterocycles. The molecule has 0 atom stereocenters. The average Bonchev–Trinajstić information content (AvgIpc) is 2.83. The summed E-state index contributed by atoms with van der Waals surface area (Å²) in [6.07, 6.45) is 0.987. The van der Waals surface area contributed by atoms with E-state index in [9.17, 15) is 0 Å². The summed E-state index contributed by atoms with van der Waals surface area (Å²) in [4.78, 5) is 0. The molecule has 164 valence electrons. The molecule has 0 fully saturated rings. The minimum absolute atomic E-state index is 0.987. The standard InChI is InChI=1S/C27H28.2C2H6/c1-16-18(3)22-11-7-9-13-24(22)26(20(16)5)15-27-21(6)17(2)19(4)23-12-8-10-14-25(23)27;2*1-2/h7-14H,15H2,1-6H3;2*1-2H3. The Bertz CT molecular complexity index is 1100. The highest BCUT2D eigenvalue weighted by atomic mass is 14.2. The Morgan fingerprint density at radius 3 is 1.00 bits per heavy atom. The molecule has 0 bridgehead atoms. The van der Waals surface area contributed by atoms with E-state index < -0.39 is 0 Å². The van der Waals surface area contributed by atoms with Gasteiger partial charge in [-0.25, -0.2) is 0 Å². The molecule has 0 N–H and O–H groups in total. The second kappa shape index (κ2) is 10.6. The normalized spacial score (nSPS) is 10.4. The van der Waals surface area contributed by atoms with Crippen molar-refractivity contribution in [3.8, 4) is 0 Å². The van der Waals surface area contributed by atoms with Crippen LogP contribution in [0.4, 0.5) is 0 Å². The Hall–Kier alpha value is -2.60. The van der Waals surface area contributed by atoms with Crippen molar-refractivity contribution in [2.45, 2.75) is 75.7 Å². The summed E-state index contributed by atoms with van der Waals surface area (Å²) in [5.41, 5.74) is 11.5. The molecule has 0 aliphatic rings. The van der Waals surface area contributed by atoms with Crippen molar-refractivity contribution >= 4 is 21.5 Å². The largest absolute Gasteiger partial charge is 0.0683 e. The molecule has 0 unspecified atom stereocenters. The van der Waals surface area contributed by atoms with Crippen molar-refractivity contribution in [2.24, 2.45) is 0 Å². The van der Waals surface area contributed by atoms with Crippen LogP contribution in [0.1, 0.15) is 72.2 Å². The summed E-state index contributed by atoms with van der Waals surface area (Å²) in [5.74, 6) is 0. The van der Waals surface area contributed by atoms with Crippen molar-refractivity contribution in [3.05, 3.63) is 93.0 Å². The van der Waals surface area contributed by atoms with Crippen molar-refractivity contribution in [1.29, 1.82) is 0 Å². The zero-order valence-electron chi connectivity index (χ0n) is 21.3. The first-order valence-electron chi connectivity index (χ1n) is 11.9. The van der Waals surface area contributed by atoms with E-state index in [0.29, 0.717) is 0 Å². The summed E-state index contributed by atoms with van der Waals surface area (Å²) in [6, 6.07) is 17.8. The zero-order chi connectivity index (χ0) is 23.3. The Balaban J connectivity index is 0.000000807. The predicted molar refractivity (Wildman–Crippen MR) is 142 cm³/mol. The van der Waals surface area contributed by atoms with Gasteiger partial charge in [-0.1, -0.05) is 76.2 Å². The summed E-state index contributed by atoms with van der Waals surface area (Å²) < 4.78 is 0. The Morgan fingerprint density at radius 2 is 0.677 bits per heavy atom. The molecule has 4 rings (SSSR count). The van der Waals surface area contributed by atoms with Crippen LogP contribution in [0.25, 0.3) is 21.5 Å². The first kappa shape index (κ1) is 24.7. The van der Waals surface area contributed by atoms with Gasteiger partial charge in [-0.2, -0.15) is 0 Å². The van der Waals surface area contributed by atoms with Gasteiger partial charge in [0.25, 0.3) is 0 Å². The Kier molecular flexibility index (Phi) is 8.45. The quantitative estimate of drug-likeness (QED) is 0.307. The molecular weight excluding hydrogens is 372 g/mol. The molecule has 31 heavy (non-hydrogen) atoms. The van der Waals surface area contributed by atoms with Crippen molar-refractivity contribution in [1.82, 2.24) is 0 Å². The van der Waals surface area contributed by atoms with E-state index in [1.807, 2.05) is 27.7 Å². The molecule has 0 aliphatic heterocycles. The highest BCUT2D eigenvalue weighted by Gasteiger charge is 2.16. The number of fused-ring (bicyclic) bond motifs is 2. The van der Waals surface area contributed by atoms with Crippen LogP contribution in [-0.2, 0) is 6.42 Å². The lowest BCUT2D eigenvalue weighted by molar-refractivity contribution is 1.12. The number of hydrogen-bond acceptors (Lipinski definition) is 0. The summed E-state index contributed by atoms with van der Waals surface area (Å²) in [6.45, 7) is 21.6. The van der Waals surface area contributed by atoms with E-state index in [1.165, 1.54) is 66.1 Å². The van der Waals surface area contributed by atoms with Crippen LogP contribution in [0, 0.1) is 41.5 Å². The van der Waals surface area contributed by atoms with Crippen LogP contribution in [0.3, 0.4) is 0 Å². The van der Waals surface area contributed by atoms with E-state index in [0.717, 1.165) is 6.42 Å². The maximum absolute atomic E-state index is 2.29. The van der Waals surface area contributed by atoms with Crippen LogP contribution in [0.5, 0.6) is 0 Å². The number of aryl methyl sites for hydroxylation is 2. The minimum atomic E-state index is 0.987. The van der Waals surface area contributed by atoms with Crippen molar-refractivity contribution < 1.29 is 0 Å². The van der Waals surface area contributed by atoms with Gasteiger partial charge < -0.3 is 0 Å². The molecule has 0 aliphatic carbocycles. The fraction of sp³-hybridized carbons (Fsp3) is 0.355. The van der Waals surface area contributed by atoms with E-state index in [-0.39, 0.29) is 0 Å². The third-order valence-corrected chi connectivity index (χ3v) is 6.82. The maximum Gasteiger partial charge on any atom is -0.000799 e.